The second-order valence-electron chi connectivity index (χ2n) is 7.98. The lowest BCUT2D eigenvalue weighted by atomic mass is 9.78. The molecule has 0 aromatic heterocycles. The maximum Gasteiger partial charge on any atom is 0.177 e. The molecule has 0 N–H and O–H groups in total. The number of hydrogen-bond acceptors (Lipinski definition) is 2. The van der Waals surface area contributed by atoms with Gasteiger partial charge >= 0.3 is 0 Å². The summed E-state index contributed by atoms with van der Waals surface area (Å²) in [5, 5.41) is 0. The van der Waals surface area contributed by atoms with E-state index in [-0.39, 0.29) is 19.5 Å². The van der Waals surface area contributed by atoms with Crippen LogP contribution in [0.25, 0.3) is 0 Å². The highest BCUT2D eigenvalue weighted by Crippen LogP contribution is 2.36. The topological polar surface area (TPSA) is 18.5 Å². The van der Waals surface area contributed by atoms with Crippen molar-refractivity contribution in [3.05, 3.63) is 47.5 Å². The van der Waals surface area contributed by atoms with Gasteiger partial charge in [-0.3, -0.25) is 0 Å². The van der Waals surface area contributed by atoms with E-state index in [9.17, 15) is 4.39 Å². The first kappa shape index (κ1) is 19.6. The molecular weight excluding hydrogens is 327 g/mol. The third-order valence-corrected chi connectivity index (χ3v) is 5.88. The predicted molar refractivity (Wildman–Crippen MR) is 104 cm³/mol. The zero-order valence-electron chi connectivity index (χ0n) is 16.3. The molecule has 2 aliphatic rings. The van der Waals surface area contributed by atoms with Gasteiger partial charge in [-0.25, -0.2) is 4.39 Å². The van der Waals surface area contributed by atoms with E-state index in [1.807, 2.05) is 13.0 Å². The highest BCUT2D eigenvalue weighted by Gasteiger charge is 2.35. The van der Waals surface area contributed by atoms with Gasteiger partial charge < -0.3 is 9.47 Å². The number of allylic oxidation sites excluding steroid dienone is 1. The average Bonchev–Trinajstić information content (AvgIpc) is 2.68. The lowest BCUT2D eigenvalue weighted by Gasteiger charge is -2.33. The van der Waals surface area contributed by atoms with Gasteiger partial charge in [0.15, 0.2) is 12.0 Å². The average molecular weight is 361 g/mol. The highest BCUT2D eigenvalue weighted by molar-refractivity contribution is 5.25. The van der Waals surface area contributed by atoms with Crippen LogP contribution in [0.15, 0.2) is 36.4 Å². The van der Waals surface area contributed by atoms with Gasteiger partial charge in [-0.05, 0) is 67.6 Å². The molecule has 2 fully saturated rings. The molecule has 1 aliphatic heterocycles. The van der Waals surface area contributed by atoms with Gasteiger partial charge in [0.2, 0.25) is 0 Å². The van der Waals surface area contributed by atoms with Crippen molar-refractivity contribution >= 4 is 0 Å². The summed E-state index contributed by atoms with van der Waals surface area (Å²) in [4.78, 5) is 0. The summed E-state index contributed by atoms with van der Waals surface area (Å²) in [7, 11) is 0. The molecule has 26 heavy (non-hydrogen) atoms. The molecule has 1 aromatic rings. The summed E-state index contributed by atoms with van der Waals surface area (Å²) in [6.45, 7) is 4.48. The molecular formula is C23H33FO2. The van der Waals surface area contributed by atoms with E-state index in [4.69, 9.17) is 9.47 Å². The van der Waals surface area contributed by atoms with Crippen molar-refractivity contribution in [1.29, 1.82) is 0 Å². The quantitative estimate of drug-likeness (QED) is 0.583. The SMILES string of the molecule is CCCC1(F)COC(/C=C/C2CCC(c3ccc(CC)cc3)CC2)OC1. The fourth-order valence-corrected chi connectivity index (χ4v) is 4.17. The number of halogens is 1. The molecule has 2 nitrogen and oxygen atoms in total. The minimum Gasteiger partial charge on any atom is -0.346 e. The van der Waals surface area contributed by atoms with Crippen LogP contribution in [-0.2, 0) is 15.9 Å². The summed E-state index contributed by atoms with van der Waals surface area (Å²) < 4.78 is 25.4. The first-order valence-electron chi connectivity index (χ1n) is 10.3. The molecule has 1 aliphatic carbocycles. The Morgan fingerprint density at radius 3 is 2.23 bits per heavy atom. The van der Waals surface area contributed by atoms with Gasteiger partial charge in [0.05, 0.1) is 13.2 Å². The van der Waals surface area contributed by atoms with Crippen molar-refractivity contribution in [3.8, 4) is 0 Å². The van der Waals surface area contributed by atoms with Gasteiger partial charge in [0.25, 0.3) is 0 Å². The Kier molecular flexibility index (Phi) is 6.88. The fraction of sp³-hybridized carbons (Fsp3) is 0.652. The zero-order chi connectivity index (χ0) is 18.4. The standard InChI is InChI=1S/C23H33FO2/c1-3-15-23(24)16-25-22(26-17-23)14-9-19-7-12-21(13-8-19)20-10-5-18(4-2)6-11-20/h5-6,9-11,14,19,21-22H,3-4,7-8,12-13,15-17H2,1-2H3/b14-9+. The number of hydrogen-bond donors (Lipinski definition) is 0. The van der Waals surface area contributed by atoms with Gasteiger partial charge in [-0.2, -0.15) is 0 Å². The van der Waals surface area contributed by atoms with Crippen molar-refractivity contribution in [2.24, 2.45) is 5.92 Å². The van der Waals surface area contributed by atoms with Crippen LogP contribution in [0.4, 0.5) is 4.39 Å². The predicted octanol–water partition coefficient (Wildman–Crippen LogP) is 5.96. The Morgan fingerprint density at radius 2 is 1.65 bits per heavy atom. The monoisotopic (exact) mass is 360 g/mol. The van der Waals surface area contributed by atoms with Gasteiger partial charge in [-0.15, -0.1) is 0 Å². The van der Waals surface area contributed by atoms with Crippen molar-refractivity contribution in [1.82, 2.24) is 0 Å². The Balaban J connectivity index is 1.43. The highest BCUT2D eigenvalue weighted by atomic mass is 19.1. The first-order valence-corrected chi connectivity index (χ1v) is 10.3. The van der Waals surface area contributed by atoms with E-state index in [1.165, 1.54) is 36.8 Å². The Morgan fingerprint density at radius 1 is 1.00 bits per heavy atom. The summed E-state index contributed by atoms with van der Waals surface area (Å²) in [6, 6.07) is 9.15. The van der Waals surface area contributed by atoms with Crippen molar-refractivity contribution < 1.29 is 13.9 Å². The molecule has 144 valence electrons. The van der Waals surface area contributed by atoms with Crippen LogP contribution in [-0.4, -0.2) is 25.2 Å². The summed E-state index contributed by atoms with van der Waals surface area (Å²) in [5.41, 5.74) is 1.60. The molecule has 3 rings (SSSR count). The van der Waals surface area contributed by atoms with Gasteiger partial charge in [0.1, 0.15) is 0 Å². The molecule has 0 atom stereocenters. The van der Waals surface area contributed by atoms with Gasteiger partial charge in [0, 0.05) is 0 Å². The Labute approximate surface area is 157 Å². The van der Waals surface area contributed by atoms with Gasteiger partial charge in [-0.1, -0.05) is 50.6 Å². The lowest BCUT2D eigenvalue weighted by Crippen LogP contribution is -2.43. The normalized spacial score (nSPS) is 32.8. The molecule has 0 unspecified atom stereocenters. The molecule has 0 spiro atoms. The smallest absolute Gasteiger partial charge is 0.177 e. The number of aryl methyl sites for hydroxylation is 1. The minimum atomic E-state index is -1.30. The van der Waals surface area contributed by atoms with E-state index in [1.54, 1.807) is 0 Å². The maximum atomic E-state index is 14.3. The van der Waals surface area contributed by atoms with E-state index in [0.717, 1.165) is 12.8 Å². The third kappa shape index (κ3) is 5.17. The molecule has 1 heterocycles. The van der Waals surface area contributed by atoms with E-state index >= 15 is 0 Å². The Bertz CT molecular complexity index is 564. The van der Waals surface area contributed by atoms with Crippen LogP contribution in [0.1, 0.15) is 69.4 Å². The second-order valence-corrected chi connectivity index (χ2v) is 7.98. The number of ether oxygens (including phenoxy) is 2. The van der Waals surface area contributed by atoms with E-state index in [2.05, 4.69) is 37.3 Å². The second kappa shape index (κ2) is 9.14. The molecule has 3 heteroatoms. The van der Waals surface area contributed by atoms with Crippen LogP contribution in [0.5, 0.6) is 0 Å². The van der Waals surface area contributed by atoms with Crippen molar-refractivity contribution in [2.75, 3.05) is 13.2 Å². The van der Waals surface area contributed by atoms with Crippen molar-refractivity contribution in [3.63, 3.8) is 0 Å². The molecule has 0 radical (unpaired) electrons. The van der Waals surface area contributed by atoms with E-state index in [0.29, 0.717) is 18.3 Å². The van der Waals surface area contributed by atoms with E-state index < -0.39 is 5.67 Å². The summed E-state index contributed by atoms with van der Waals surface area (Å²) in [5.74, 6) is 1.27. The lowest BCUT2D eigenvalue weighted by molar-refractivity contribution is -0.213. The third-order valence-electron chi connectivity index (χ3n) is 5.88. The molecule has 1 saturated heterocycles. The number of benzene rings is 1. The molecule has 0 bridgehead atoms. The minimum absolute atomic E-state index is 0.149. The number of alkyl halides is 1. The largest absolute Gasteiger partial charge is 0.346 e. The summed E-state index contributed by atoms with van der Waals surface area (Å²) in [6.07, 6.45) is 11.1. The molecule has 1 saturated carbocycles. The van der Waals surface area contributed by atoms with Crippen LogP contribution in [0.3, 0.4) is 0 Å². The van der Waals surface area contributed by atoms with Crippen LogP contribution in [0, 0.1) is 5.92 Å². The molecule has 0 amide bonds. The Hall–Kier alpha value is -1.19. The molecule has 1 aromatic carbocycles. The van der Waals surface area contributed by atoms with Crippen molar-refractivity contribution in [2.45, 2.75) is 76.7 Å². The van der Waals surface area contributed by atoms with Crippen LogP contribution in [0.2, 0.25) is 0 Å². The zero-order valence-corrected chi connectivity index (χ0v) is 16.3. The fourth-order valence-electron chi connectivity index (χ4n) is 4.17. The summed E-state index contributed by atoms with van der Waals surface area (Å²) >= 11 is 0. The van der Waals surface area contributed by atoms with Crippen LogP contribution >= 0.6 is 0 Å². The number of rotatable bonds is 6. The maximum absolute atomic E-state index is 14.3. The first-order chi connectivity index (χ1) is 12.6. The van der Waals surface area contributed by atoms with Crippen LogP contribution < -0.4 is 0 Å².